The molecular weight excluding hydrogens is 329 g/mol. The van der Waals surface area contributed by atoms with Crippen LogP contribution in [0, 0.1) is 5.92 Å². The van der Waals surface area contributed by atoms with Crippen molar-refractivity contribution in [2.75, 3.05) is 13.1 Å². The molecule has 0 aromatic heterocycles. The van der Waals surface area contributed by atoms with Gasteiger partial charge in [0.15, 0.2) is 0 Å². The molecule has 23 heavy (non-hydrogen) atoms. The number of amides is 1. The number of carbonyl (C=O) groups is 1. The van der Waals surface area contributed by atoms with Crippen molar-refractivity contribution in [3.05, 3.63) is 46.5 Å². The summed E-state index contributed by atoms with van der Waals surface area (Å²) in [4.78, 5) is 14.6. The van der Waals surface area contributed by atoms with Gasteiger partial charge in [-0.05, 0) is 56.2 Å². The van der Waals surface area contributed by atoms with Gasteiger partial charge in [0.2, 0.25) is 5.91 Å². The monoisotopic (exact) mass is 351 g/mol. The minimum absolute atomic E-state index is 0.0365. The number of rotatable bonds is 5. The van der Waals surface area contributed by atoms with Crippen LogP contribution in [0.1, 0.15) is 44.1 Å². The number of piperidine rings is 1. The molecule has 0 spiro atoms. The largest absolute Gasteiger partial charge is 0.342 e. The van der Waals surface area contributed by atoms with E-state index in [1.54, 1.807) is 0 Å². The second-order valence-electron chi connectivity index (χ2n) is 6.87. The predicted octanol–water partition coefficient (Wildman–Crippen LogP) is 5.23. The zero-order chi connectivity index (χ0) is 16.4. The van der Waals surface area contributed by atoms with Crippen LogP contribution in [0.4, 0.5) is 0 Å². The van der Waals surface area contributed by atoms with E-state index in [0.29, 0.717) is 16.0 Å². The van der Waals surface area contributed by atoms with Crippen LogP contribution in [0.15, 0.2) is 30.9 Å². The molecule has 1 aliphatic heterocycles. The van der Waals surface area contributed by atoms with Crippen molar-refractivity contribution >= 4 is 29.1 Å². The third-order valence-electron chi connectivity index (χ3n) is 5.17. The van der Waals surface area contributed by atoms with E-state index in [0.717, 1.165) is 51.6 Å². The normalized spacial score (nSPS) is 24.5. The van der Waals surface area contributed by atoms with Gasteiger partial charge in [0.1, 0.15) is 0 Å². The van der Waals surface area contributed by atoms with Crippen LogP contribution in [-0.4, -0.2) is 23.9 Å². The Hall–Kier alpha value is -0.990. The van der Waals surface area contributed by atoms with Crippen molar-refractivity contribution in [3.8, 4) is 0 Å². The molecule has 4 heteroatoms. The number of benzene rings is 1. The Balaban J connectivity index is 1.89. The molecule has 1 saturated carbocycles. The number of hydrogen-bond acceptors (Lipinski definition) is 1. The van der Waals surface area contributed by atoms with Crippen molar-refractivity contribution in [3.63, 3.8) is 0 Å². The number of allylic oxidation sites excluding steroid dienone is 1. The van der Waals surface area contributed by atoms with Crippen LogP contribution < -0.4 is 0 Å². The van der Waals surface area contributed by atoms with Crippen LogP contribution in [0.2, 0.25) is 10.0 Å². The van der Waals surface area contributed by atoms with Crippen LogP contribution in [0.3, 0.4) is 0 Å². The van der Waals surface area contributed by atoms with Crippen molar-refractivity contribution in [1.82, 2.24) is 4.90 Å². The third-order valence-corrected chi connectivity index (χ3v) is 5.91. The van der Waals surface area contributed by atoms with Gasteiger partial charge in [-0.15, -0.1) is 6.58 Å². The topological polar surface area (TPSA) is 20.3 Å². The number of hydrogen-bond donors (Lipinski definition) is 0. The molecule has 1 aromatic carbocycles. The van der Waals surface area contributed by atoms with E-state index in [1.807, 2.05) is 18.2 Å². The Labute approximate surface area is 148 Å². The van der Waals surface area contributed by atoms with Gasteiger partial charge >= 0.3 is 0 Å². The first-order chi connectivity index (χ1) is 11.1. The molecule has 1 unspecified atom stereocenters. The minimum atomic E-state index is -0.0365. The third kappa shape index (κ3) is 3.59. The maximum absolute atomic E-state index is 12.5. The molecule has 1 saturated heterocycles. The number of halogens is 2. The summed E-state index contributed by atoms with van der Waals surface area (Å²) in [6.45, 7) is 5.53. The molecule has 2 fully saturated rings. The molecule has 1 aromatic rings. The van der Waals surface area contributed by atoms with Crippen LogP contribution in [0.5, 0.6) is 0 Å². The molecule has 124 valence electrons. The van der Waals surface area contributed by atoms with E-state index >= 15 is 0 Å². The summed E-state index contributed by atoms with van der Waals surface area (Å²) < 4.78 is 0. The van der Waals surface area contributed by atoms with Gasteiger partial charge in [0.05, 0.1) is 10.0 Å². The Bertz CT molecular complexity index is 611. The maximum Gasteiger partial charge on any atom is 0.225 e. The fourth-order valence-electron chi connectivity index (χ4n) is 3.70. The first kappa shape index (κ1) is 16.9. The summed E-state index contributed by atoms with van der Waals surface area (Å²) in [7, 11) is 0. The SMILES string of the molecule is C=CCCC1(c2ccc(Cl)c(Cl)c2)CCCN(C(=O)C2CC2)C1. The molecule has 1 heterocycles. The molecule has 2 nitrogen and oxygen atoms in total. The summed E-state index contributed by atoms with van der Waals surface area (Å²) >= 11 is 12.3. The van der Waals surface area contributed by atoms with Crippen molar-refractivity contribution in [1.29, 1.82) is 0 Å². The van der Waals surface area contributed by atoms with E-state index < -0.39 is 0 Å². The van der Waals surface area contributed by atoms with E-state index in [1.165, 1.54) is 5.56 Å². The van der Waals surface area contributed by atoms with Crippen molar-refractivity contribution < 1.29 is 4.79 Å². The summed E-state index contributed by atoms with van der Waals surface area (Å²) in [6, 6.07) is 5.93. The lowest BCUT2D eigenvalue weighted by molar-refractivity contribution is -0.134. The Morgan fingerprint density at radius 2 is 2.13 bits per heavy atom. The van der Waals surface area contributed by atoms with Gasteiger partial charge in [-0.2, -0.15) is 0 Å². The number of likely N-dealkylation sites (tertiary alicyclic amines) is 1. The highest BCUT2D eigenvalue weighted by Gasteiger charge is 2.41. The lowest BCUT2D eigenvalue weighted by Gasteiger charge is -2.44. The summed E-state index contributed by atoms with van der Waals surface area (Å²) in [6.07, 6.45) is 8.11. The molecule has 3 rings (SSSR count). The summed E-state index contributed by atoms with van der Waals surface area (Å²) in [5.74, 6) is 0.617. The van der Waals surface area contributed by atoms with Gasteiger partial charge in [-0.25, -0.2) is 0 Å². The van der Waals surface area contributed by atoms with E-state index in [2.05, 4.69) is 17.5 Å². The Morgan fingerprint density at radius 1 is 1.35 bits per heavy atom. The molecule has 0 bridgehead atoms. The average Bonchev–Trinajstić information content (AvgIpc) is 3.40. The first-order valence-electron chi connectivity index (χ1n) is 8.41. The fraction of sp³-hybridized carbons (Fsp3) is 0.526. The molecule has 0 radical (unpaired) electrons. The Morgan fingerprint density at radius 3 is 2.78 bits per heavy atom. The standard InChI is InChI=1S/C19H23Cl2NO/c1-2-3-9-19(15-7-8-16(20)17(21)12-15)10-4-11-22(13-19)18(23)14-5-6-14/h2,7-8,12,14H,1,3-6,9-11,13H2. The van der Waals surface area contributed by atoms with Gasteiger partial charge in [-0.3, -0.25) is 4.79 Å². The second kappa shape index (κ2) is 6.86. The first-order valence-corrected chi connectivity index (χ1v) is 9.16. The molecule has 0 N–H and O–H groups in total. The zero-order valence-corrected chi connectivity index (χ0v) is 14.9. The van der Waals surface area contributed by atoms with Crippen LogP contribution in [-0.2, 0) is 10.2 Å². The lowest BCUT2D eigenvalue weighted by Crippen LogP contribution is -2.49. The van der Waals surface area contributed by atoms with Crippen LogP contribution >= 0.6 is 23.2 Å². The maximum atomic E-state index is 12.5. The quantitative estimate of drug-likeness (QED) is 0.665. The van der Waals surface area contributed by atoms with E-state index in [9.17, 15) is 4.79 Å². The minimum Gasteiger partial charge on any atom is -0.342 e. The highest BCUT2D eigenvalue weighted by Crippen LogP contribution is 2.42. The molecular formula is C19H23Cl2NO. The van der Waals surface area contributed by atoms with Gasteiger partial charge in [0.25, 0.3) is 0 Å². The molecule has 2 aliphatic rings. The van der Waals surface area contributed by atoms with E-state index in [-0.39, 0.29) is 11.3 Å². The van der Waals surface area contributed by atoms with E-state index in [4.69, 9.17) is 23.2 Å². The lowest BCUT2D eigenvalue weighted by atomic mass is 9.71. The number of nitrogens with zero attached hydrogens (tertiary/aromatic N) is 1. The van der Waals surface area contributed by atoms with Crippen molar-refractivity contribution in [2.24, 2.45) is 5.92 Å². The average molecular weight is 352 g/mol. The van der Waals surface area contributed by atoms with Gasteiger partial charge in [0, 0.05) is 24.4 Å². The summed E-state index contributed by atoms with van der Waals surface area (Å²) in [5, 5.41) is 1.17. The fourth-order valence-corrected chi connectivity index (χ4v) is 3.99. The smallest absolute Gasteiger partial charge is 0.225 e. The highest BCUT2D eigenvalue weighted by molar-refractivity contribution is 6.42. The Kier molecular flexibility index (Phi) is 5.03. The van der Waals surface area contributed by atoms with Gasteiger partial charge in [-0.1, -0.05) is 35.3 Å². The zero-order valence-electron chi connectivity index (χ0n) is 13.4. The predicted molar refractivity (Wildman–Crippen MR) is 96.1 cm³/mol. The van der Waals surface area contributed by atoms with Crippen LogP contribution in [0.25, 0.3) is 0 Å². The summed E-state index contributed by atoms with van der Waals surface area (Å²) in [5.41, 5.74) is 1.16. The number of carbonyl (C=O) groups excluding carboxylic acids is 1. The van der Waals surface area contributed by atoms with Gasteiger partial charge < -0.3 is 4.90 Å². The second-order valence-corrected chi connectivity index (χ2v) is 7.69. The highest BCUT2D eigenvalue weighted by atomic mass is 35.5. The van der Waals surface area contributed by atoms with Crippen molar-refractivity contribution in [2.45, 2.75) is 43.9 Å². The molecule has 1 atom stereocenters. The molecule has 1 amide bonds. The molecule has 1 aliphatic carbocycles.